The maximum absolute atomic E-state index is 12.5. The third kappa shape index (κ3) is 2.71. The van der Waals surface area contributed by atoms with E-state index in [-0.39, 0.29) is 0 Å². The average molecular weight is 250 g/mol. The van der Waals surface area contributed by atoms with E-state index < -0.39 is 22.6 Å². The third-order valence-corrected chi connectivity index (χ3v) is 5.00. The molecule has 0 unspecified atom stereocenters. The molecule has 0 saturated carbocycles. The summed E-state index contributed by atoms with van der Waals surface area (Å²) in [4.78, 5) is 0.841. The molecule has 1 fully saturated rings. The average Bonchev–Trinajstić information content (AvgIpc) is 2.29. The van der Waals surface area contributed by atoms with Gasteiger partial charge in [-0.1, -0.05) is 12.1 Å². The molecule has 0 aliphatic carbocycles. The summed E-state index contributed by atoms with van der Waals surface area (Å²) in [7, 11) is -0.455. The lowest BCUT2D eigenvalue weighted by molar-refractivity contribution is -0.137. The summed E-state index contributed by atoms with van der Waals surface area (Å²) in [5.74, 6) is 1.74. The number of benzene rings is 1. The first-order valence-corrected chi connectivity index (χ1v) is 6.78. The van der Waals surface area contributed by atoms with E-state index in [0.717, 1.165) is 22.5 Å². The van der Waals surface area contributed by atoms with Crippen LogP contribution >= 0.6 is 10.9 Å². The lowest BCUT2D eigenvalue weighted by Crippen LogP contribution is -2.15. The maximum atomic E-state index is 12.5. The van der Waals surface area contributed by atoms with Gasteiger partial charge in [0.25, 0.3) is 0 Å². The van der Waals surface area contributed by atoms with Crippen molar-refractivity contribution in [3.05, 3.63) is 29.8 Å². The van der Waals surface area contributed by atoms with Crippen molar-refractivity contribution in [1.82, 2.24) is 0 Å². The number of rotatable bonds is 1. The topological polar surface area (TPSA) is 9.23 Å². The van der Waals surface area contributed by atoms with E-state index in [1.54, 1.807) is 6.07 Å². The van der Waals surface area contributed by atoms with Crippen LogP contribution in [-0.2, 0) is 10.9 Å². The summed E-state index contributed by atoms with van der Waals surface area (Å²) < 4.78 is 42.8. The molecule has 0 radical (unpaired) electrons. The maximum Gasteiger partial charge on any atom is 0.416 e. The molecule has 0 amide bonds. The van der Waals surface area contributed by atoms with Crippen molar-refractivity contribution in [2.45, 2.75) is 11.1 Å². The van der Waals surface area contributed by atoms with Gasteiger partial charge in [-0.15, -0.1) is 0 Å². The first-order chi connectivity index (χ1) is 7.57. The van der Waals surface area contributed by atoms with Crippen molar-refractivity contribution in [2.75, 3.05) is 24.7 Å². The Bertz CT molecular complexity index is 358. The normalized spacial score (nSPS) is 19.8. The fourth-order valence-electron chi connectivity index (χ4n) is 1.70. The van der Waals surface area contributed by atoms with Crippen molar-refractivity contribution in [2.24, 2.45) is 0 Å². The summed E-state index contributed by atoms with van der Waals surface area (Å²) >= 11 is 0. The van der Waals surface area contributed by atoms with Gasteiger partial charge in [0, 0.05) is 11.5 Å². The molecule has 90 valence electrons. The Labute approximate surface area is 95.0 Å². The van der Waals surface area contributed by atoms with E-state index in [4.69, 9.17) is 4.74 Å². The minimum Gasteiger partial charge on any atom is -0.380 e. The van der Waals surface area contributed by atoms with Crippen LogP contribution in [0.4, 0.5) is 13.2 Å². The molecule has 1 heterocycles. The predicted octanol–water partition coefficient (Wildman–Crippen LogP) is 3.10. The Hall–Kier alpha value is -0.680. The quantitative estimate of drug-likeness (QED) is 0.753. The van der Waals surface area contributed by atoms with Gasteiger partial charge >= 0.3 is 6.18 Å². The van der Waals surface area contributed by atoms with Gasteiger partial charge in [0.2, 0.25) is 0 Å². The summed E-state index contributed by atoms with van der Waals surface area (Å²) in [6, 6.07) is 5.71. The highest BCUT2D eigenvalue weighted by Gasteiger charge is 2.30. The van der Waals surface area contributed by atoms with Crippen molar-refractivity contribution in [3.63, 3.8) is 0 Å². The minimum atomic E-state index is -4.24. The predicted molar refractivity (Wildman–Crippen MR) is 59.2 cm³/mol. The molecule has 1 aliphatic heterocycles. The first kappa shape index (κ1) is 11.8. The number of alkyl halides is 3. The van der Waals surface area contributed by atoms with Gasteiger partial charge in [0.1, 0.15) is 0 Å². The Kier molecular flexibility index (Phi) is 3.44. The van der Waals surface area contributed by atoms with E-state index in [2.05, 4.69) is 0 Å². The molecule has 2 rings (SSSR count). The smallest absolute Gasteiger partial charge is 0.380 e. The fourth-order valence-corrected chi connectivity index (χ4v) is 3.76. The van der Waals surface area contributed by atoms with Crippen LogP contribution in [0.25, 0.3) is 0 Å². The van der Waals surface area contributed by atoms with E-state index in [1.807, 2.05) is 0 Å². The van der Waals surface area contributed by atoms with E-state index in [1.165, 1.54) is 12.1 Å². The van der Waals surface area contributed by atoms with Crippen LogP contribution in [0.1, 0.15) is 5.56 Å². The number of hydrogen-bond donors (Lipinski definition) is 1. The Morgan fingerprint density at radius 2 is 1.81 bits per heavy atom. The second kappa shape index (κ2) is 4.67. The number of ether oxygens (including phenoxy) is 1. The van der Waals surface area contributed by atoms with Gasteiger partial charge < -0.3 is 4.74 Å². The van der Waals surface area contributed by atoms with Gasteiger partial charge in [0.15, 0.2) is 0 Å². The van der Waals surface area contributed by atoms with E-state index in [9.17, 15) is 13.2 Å². The molecule has 1 aromatic carbocycles. The zero-order valence-corrected chi connectivity index (χ0v) is 9.52. The van der Waals surface area contributed by atoms with Crippen molar-refractivity contribution in [1.29, 1.82) is 0 Å². The Morgan fingerprint density at radius 3 is 2.44 bits per heavy atom. The standard InChI is InChI=1S/C11H13F3OS/c12-11(13,14)9-2-1-3-10(8-9)16-6-4-15-5-7-16/h1-3,8,16H,4-7H2. The molecule has 0 atom stereocenters. The van der Waals surface area contributed by atoms with Crippen LogP contribution < -0.4 is 0 Å². The number of thiol groups is 1. The van der Waals surface area contributed by atoms with Crippen LogP contribution in [0.15, 0.2) is 29.2 Å². The van der Waals surface area contributed by atoms with Crippen LogP contribution in [0.5, 0.6) is 0 Å². The molecule has 0 spiro atoms. The van der Waals surface area contributed by atoms with Gasteiger partial charge in [0.05, 0.1) is 18.8 Å². The monoisotopic (exact) mass is 250 g/mol. The molecule has 0 N–H and O–H groups in total. The number of hydrogen-bond acceptors (Lipinski definition) is 1. The zero-order valence-electron chi connectivity index (χ0n) is 8.63. The van der Waals surface area contributed by atoms with Gasteiger partial charge in [-0.2, -0.15) is 13.2 Å². The molecule has 0 aromatic heterocycles. The molecule has 16 heavy (non-hydrogen) atoms. The summed E-state index contributed by atoms with van der Waals surface area (Å²) in [5.41, 5.74) is -0.543. The van der Waals surface area contributed by atoms with Gasteiger partial charge in [-0.05, 0) is 17.0 Å². The first-order valence-electron chi connectivity index (χ1n) is 5.07. The highest BCUT2D eigenvalue weighted by molar-refractivity contribution is 8.17. The molecule has 1 aromatic rings. The van der Waals surface area contributed by atoms with Crippen LogP contribution in [0, 0.1) is 0 Å². The highest BCUT2D eigenvalue weighted by atomic mass is 32.2. The third-order valence-electron chi connectivity index (χ3n) is 2.55. The summed E-state index contributed by atoms with van der Waals surface area (Å²) in [5, 5.41) is 0. The SMILES string of the molecule is FC(F)(F)c1cccc([SH]2CCOCC2)c1. The molecule has 1 nitrogen and oxygen atoms in total. The molecule has 1 saturated heterocycles. The van der Waals surface area contributed by atoms with Crippen LogP contribution in [-0.4, -0.2) is 24.7 Å². The zero-order chi connectivity index (χ0) is 11.6. The van der Waals surface area contributed by atoms with Crippen molar-refractivity contribution >= 4 is 10.9 Å². The largest absolute Gasteiger partial charge is 0.416 e. The van der Waals surface area contributed by atoms with E-state index >= 15 is 0 Å². The number of halogens is 3. The van der Waals surface area contributed by atoms with E-state index in [0.29, 0.717) is 13.2 Å². The molecule has 1 aliphatic rings. The van der Waals surface area contributed by atoms with Gasteiger partial charge in [-0.3, -0.25) is 0 Å². The summed E-state index contributed by atoms with van der Waals surface area (Å²) in [6.07, 6.45) is -4.24. The van der Waals surface area contributed by atoms with Crippen LogP contribution in [0.2, 0.25) is 0 Å². The Morgan fingerprint density at radius 1 is 1.12 bits per heavy atom. The lowest BCUT2D eigenvalue weighted by atomic mass is 10.2. The lowest BCUT2D eigenvalue weighted by Gasteiger charge is -2.27. The summed E-state index contributed by atoms with van der Waals surface area (Å²) in [6.45, 7) is 1.34. The van der Waals surface area contributed by atoms with Crippen molar-refractivity contribution < 1.29 is 17.9 Å². The Balaban J connectivity index is 2.21. The molecule has 5 heteroatoms. The molecular weight excluding hydrogens is 237 g/mol. The highest BCUT2D eigenvalue weighted by Crippen LogP contribution is 2.40. The second-order valence-corrected chi connectivity index (χ2v) is 6.14. The van der Waals surface area contributed by atoms with Crippen LogP contribution in [0.3, 0.4) is 0 Å². The molecule has 0 bridgehead atoms. The fraction of sp³-hybridized carbons (Fsp3) is 0.455. The minimum absolute atomic E-state index is 0.455. The second-order valence-electron chi connectivity index (χ2n) is 3.65. The van der Waals surface area contributed by atoms with Crippen molar-refractivity contribution in [3.8, 4) is 0 Å². The molecular formula is C11H13F3OS. The van der Waals surface area contributed by atoms with Gasteiger partial charge in [-0.25, -0.2) is 10.9 Å².